The maximum absolute atomic E-state index is 12.6. The van der Waals surface area contributed by atoms with E-state index in [4.69, 9.17) is 14.2 Å². The zero-order valence-corrected chi connectivity index (χ0v) is 17.9. The summed E-state index contributed by atoms with van der Waals surface area (Å²) in [5.74, 6) is -0.767. The van der Waals surface area contributed by atoms with Crippen LogP contribution in [0.25, 0.3) is 0 Å². The molecule has 4 unspecified atom stereocenters. The molecule has 1 N–H and O–H groups in total. The van der Waals surface area contributed by atoms with Gasteiger partial charge in [0.05, 0.1) is 12.6 Å². The summed E-state index contributed by atoms with van der Waals surface area (Å²) in [5, 5.41) is 2.89. The Bertz CT molecular complexity index is 943. The first kappa shape index (κ1) is 22.0. The molecule has 32 heavy (non-hydrogen) atoms. The lowest BCUT2D eigenvalue weighted by molar-refractivity contribution is -0.149. The minimum Gasteiger partial charge on any atom is -0.460 e. The first-order valence-electron chi connectivity index (χ1n) is 10.8. The van der Waals surface area contributed by atoms with Crippen LogP contribution in [-0.2, 0) is 36.8 Å². The van der Waals surface area contributed by atoms with E-state index < -0.39 is 24.2 Å². The number of ether oxygens (including phenoxy) is 3. The molecule has 2 aromatic rings. The largest absolute Gasteiger partial charge is 0.460 e. The minimum absolute atomic E-state index is 0.0530. The third-order valence-electron chi connectivity index (χ3n) is 5.79. The van der Waals surface area contributed by atoms with Gasteiger partial charge in [0.1, 0.15) is 18.8 Å². The number of ketones is 1. The lowest BCUT2D eigenvalue weighted by atomic mass is 9.96. The van der Waals surface area contributed by atoms with Crippen LogP contribution in [0.2, 0.25) is 0 Å². The number of nitrogens with one attached hydrogen (secondary N) is 1. The van der Waals surface area contributed by atoms with Gasteiger partial charge >= 0.3 is 12.1 Å². The predicted octanol–water partition coefficient (Wildman–Crippen LogP) is 3.06. The third-order valence-corrected chi connectivity index (χ3v) is 5.79. The standard InChI is InChI=1S/C25H27NO6/c1-16(27)32-24(20-13-19(20)23(28)22-15-30-22)21(12-17-8-4-2-5-9-17)26-25(29)31-14-18-10-6-3-7-11-18/h2-11,19-22,24H,12-15H2,1H3,(H,26,29)/t19?,20?,21-,22?,24?/m0/s1. The van der Waals surface area contributed by atoms with Gasteiger partial charge in [0, 0.05) is 18.8 Å². The number of carbonyl (C=O) groups is 3. The second kappa shape index (κ2) is 9.96. The normalized spacial score (nSPS) is 22.8. The van der Waals surface area contributed by atoms with E-state index in [1.165, 1.54) is 6.92 Å². The molecule has 4 rings (SSSR count). The Labute approximate surface area is 187 Å². The molecule has 1 amide bonds. The Hall–Kier alpha value is -3.19. The van der Waals surface area contributed by atoms with Crippen LogP contribution in [0.5, 0.6) is 0 Å². The molecule has 1 aliphatic carbocycles. The Balaban J connectivity index is 1.47. The maximum atomic E-state index is 12.6. The van der Waals surface area contributed by atoms with Gasteiger partial charge in [0.2, 0.25) is 0 Å². The lowest BCUT2D eigenvalue weighted by Crippen LogP contribution is -2.48. The molecule has 7 nitrogen and oxygen atoms in total. The van der Waals surface area contributed by atoms with E-state index in [2.05, 4.69) is 5.32 Å². The molecule has 0 radical (unpaired) electrons. The fraction of sp³-hybridized carbons (Fsp3) is 0.400. The van der Waals surface area contributed by atoms with Crippen molar-refractivity contribution in [2.45, 2.75) is 44.6 Å². The molecule has 2 aromatic carbocycles. The van der Waals surface area contributed by atoms with Crippen LogP contribution in [0.1, 0.15) is 24.5 Å². The Morgan fingerprint density at radius 3 is 2.25 bits per heavy atom. The van der Waals surface area contributed by atoms with Gasteiger partial charge in [-0.05, 0) is 24.0 Å². The van der Waals surface area contributed by atoms with Gasteiger partial charge in [0.25, 0.3) is 0 Å². The summed E-state index contributed by atoms with van der Waals surface area (Å²) in [4.78, 5) is 37.0. The molecule has 1 saturated carbocycles. The SMILES string of the molecule is CC(=O)OC(C1CC1C(=O)C1CO1)[C@H](Cc1ccccc1)NC(=O)OCc1ccccc1. The summed E-state index contributed by atoms with van der Waals surface area (Å²) >= 11 is 0. The zero-order valence-electron chi connectivity index (χ0n) is 17.9. The van der Waals surface area contributed by atoms with Crippen LogP contribution in [0.3, 0.4) is 0 Å². The number of Topliss-reactive ketones (excluding diaryl/α,β-unsaturated/α-hetero) is 1. The molecule has 2 fully saturated rings. The van der Waals surface area contributed by atoms with Crippen LogP contribution in [0.15, 0.2) is 60.7 Å². The summed E-state index contributed by atoms with van der Waals surface area (Å²) in [7, 11) is 0. The molecule has 0 aromatic heterocycles. The molecule has 7 heteroatoms. The smallest absolute Gasteiger partial charge is 0.407 e. The van der Waals surface area contributed by atoms with Crippen LogP contribution < -0.4 is 5.32 Å². The number of epoxide rings is 1. The van der Waals surface area contributed by atoms with Crippen molar-refractivity contribution in [2.75, 3.05) is 6.61 Å². The van der Waals surface area contributed by atoms with Crippen molar-refractivity contribution >= 4 is 17.8 Å². The molecular formula is C25H27NO6. The van der Waals surface area contributed by atoms with Crippen molar-refractivity contribution in [3.05, 3.63) is 71.8 Å². The summed E-state index contributed by atoms with van der Waals surface area (Å²) in [5.41, 5.74) is 1.85. The number of hydrogen-bond acceptors (Lipinski definition) is 6. The van der Waals surface area contributed by atoms with Gasteiger partial charge in [-0.25, -0.2) is 4.79 Å². The van der Waals surface area contributed by atoms with Crippen molar-refractivity contribution in [3.63, 3.8) is 0 Å². The number of rotatable bonds is 10. The Morgan fingerprint density at radius 2 is 1.66 bits per heavy atom. The van der Waals surface area contributed by atoms with Gasteiger partial charge < -0.3 is 19.5 Å². The highest BCUT2D eigenvalue weighted by Crippen LogP contribution is 2.46. The number of carbonyl (C=O) groups excluding carboxylic acids is 3. The van der Waals surface area contributed by atoms with Gasteiger partial charge in [-0.2, -0.15) is 0 Å². The second-order valence-electron chi connectivity index (χ2n) is 8.31. The minimum atomic E-state index is -0.635. The number of hydrogen-bond donors (Lipinski definition) is 1. The predicted molar refractivity (Wildman–Crippen MR) is 116 cm³/mol. The number of alkyl carbamates (subject to hydrolysis) is 1. The number of amides is 1. The molecular weight excluding hydrogens is 410 g/mol. The van der Waals surface area contributed by atoms with Crippen molar-refractivity contribution in [3.8, 4) is 0 Å². The highest BCUT2D eigenvalue weighted by molar-refractivity contribution is 5.89. The van der Waals surface area contributed by atoms with E-state index in [1.54, 1.807) is 0 Å². The zero-order chi connectivity index (χ0) is 22.5. The molecule has 1 saturated heterocycles. The first-order valence-corrected chi connectivity index (χ1v) is 10.8. The quantitative estimate of drug-likeness (QED) is 0.454. The van der Waals surface area contributed by atoms with E-state index in [-0.39, 0.29) is 30.3 Å². The first-order chi connectivity index (χ1) is 15.5. The molecule has 0 bridgehead atoms. The lowest BCUT2D eigenvalue weighted by Gasteiger charge is -2.28. The molecule has 1 aliphatic heterocycles. The summed E-state index contributed by atoms with van der Waals surface area (Å²) in [6.07, 6.45) is -0.510. The third kappa shape index (κ3) is 5.95. The van der Waals surface area contributed by atoms with Gasteiger partial charge in [-0.1, -0.05) is 60.7 Å². The van der Waals surface area contributed by atoms with E-state index in [0.29, 0.717) is 19.4 Å². The van der Waals surface area contributed by atoms with Crippen LogP contribution in [0.4, 0.5) is 4.79 Å². The molecule has 168 valence electrons. The Morgan fingerprint density at radius 1 is 1.03 bits per heavy atom. The van der Waals surface area contributed by atoms with Gasteiger partial charge in [-0.3, -0.25) is 9.59 Å². The topological polar surface area (TPSA) is 94.2 Å². The van der Waals surface area contributed by atoms with Gasteiger partial charge in [0.15, 0.2) is 5.78 Å². The van der Waals surface area contributed by atoms with Crippen molar-refractivity contribution in [2.24, 2.45) is 11.8 Å². The van der Waals surface area contributed by atoms with E-state index in [9.17, 15) is 14.4 Å². The van der Waals surface area contributed by atoms with Crippen molar-refractivity contribution in [1.29, 1.82) is 0 Å². The molecule has 1 heterocycles. The average Bonchev–Trinajstić information content (AvgIpc) is 3.70. The second-order valence-corrected chi connectivity index (χ2v) is 8.31. The van der Waals surface area contributed by atoms with Crippen molar-refractivity contribution < 1.29 is 28.6 Å². The van der Waals surface area contributed by atoms with Crippen molar-refractivity contribution in [1.82, 2.24) is 5.32 Å². The highest BCUT2D eigenvalue weighted by atomic mass is 16.6. The molecule has 0 spiro atoms. The van der Waals surface area contributed by atoms with E-state index in [1.807, 2.05) is 60.7 Å². The van der Waals surface area contributed by atoms with Crippen LogP contribution >= 0.6 is 0 Å². The number of benzene rings is 2. The van der Waals surface area contributed by atoms with Crippen LogP contribution in [-0.4, -0.2) is 42.7 Å². The summed E-state index contributed by atoms with van der Waals surface area (Å²) in [6.45, 7) is 1.92. The summed E-state index contributed by atoms with van der Waals surface area (Å²) < 4.78 is 16.2. The van der Waals surface area contributed by atoms with E-state index in [0.717, 1.165) is 11.1 Å². The fourth-order valence-electron chi connectivity index (χ4n) is 4.05. The highest BCUT2D eigenvalue weighted by Gasteiger charge is 2.55. The Kier molecular flexibility index (Phi) is 6.85. The van der Waals surface area contributed by atoms with Gasteiger partial charge in [-0.15, -0.1) is 0 Å². The average molecular weight is 437 g/mol. The van der Waals surface area contributed by atoms with E-state index >= 15 is 0 Å². The molecule has 5 atom stereocenters. The maximum Gasteiger partial charge on any atom is 0.407 e. The number of esters is 1. The summed E-state index contributed by atoms with van der Waals surface area (Å²) in [6, 6.07) is 18.5. The fourth-order valence-corrected chi connectivity index (χ4v) is 4.05. The van der Waals surface area contributed by atoms with Crippen LogP contribution in [0, 0.1) is 11.8 Å². The monoisotopic (exact) mass is 437 g/mol. The molecule has 2 aliphatic rings.